The van der Waals surface area contributed by atoms with E-state index in [9.17, 15) is 9.59 Å². The van der Waals surface area contributed by atoms with Crippen LogP contribution in [0.25, 0.3) is 0 Å². The average molecular weight is 482 g/mol. The first kappa shape index (κ1) is 25.5. The van der Waals surface area contributed by atoms with Gasteiger partial charge in [0.1, 0.15) is 0 Å². The van der Waals surface area contributed by atoms with Gasteiger partial charge in [0.2, 0.25) is 0 Å². The molecule has 4 aliphatic rings. The maximum Gasteiger partial charge on any atom is 0.321 e. The molecule has 7 heteroatoms. The molecular formula is C28H43N5O2. The second-order valence-corrected chi connectivity index (χ2v) is 11.5. The van der Waals surface area contributed by atoms with E-state index in [2.05, 4.69) is 35.5 Å². The first-order valence-corrected chi connectivity index (χ1v) is 13.2. The third-order valence-electron chi connectivity index (χ3n) is 8.27. The van der Waals surface area contributed by atoms with Crippen LogP contribution in [0, 0.1) is 24.2 Å². The molecule has 0 spiro atoms. The van der Waals surface area contributed by atoms with Gasteiger partial charge in [-0.2, -0.15) is 0 Å². The van der Waals surface area contributed by atoms with Crippen molar-refractivity contribution >= 4 is 17.7 Å². The molecule has 4 amide bonds. The molecule has 1 saturated heterocycles. The van der Waals surface area contributed by atoms with Crippen LogP contribution in [0.15, 0.2) is 35.9 Å². The van der Waals surface area contributed by atoms with Gasteiger partial charge in [0.25, 0.3) is 0 Å². The van der Waals surface area contributed by atoms with Crippen LogP contribution >= 0.6 is 0 Å². The highest BCUT2D eigenvalue weighted by Gasteiger charge is 2.51. The smallest absolute Gasteiger partial charge is 0.321 e. The summed E-state index contributed by atoms with van der Waals surface area (Å²) in [6.07, 6.45) is 4.81. The number of urea groups is 2. The number of hydrogen-bond acceptors (Lipinski definition) is 3. The average Bonchev–Trinajstić information content (AvgIpc) is 2.81. The fourth-order valence-corrected chi connectivity index (χ4v) is 5.83. The predicted molar refractivity (Wildman–Crippen MR) is 142 cm³/mol. The molecule has 2 atom stereocenters. The molecule has 0 radical (unpaired) electrons. The van der Waals surface area contributed by atoms with Gasteiger partial charge in [0, 0.05) is 57.5 Å². The summed E-state index contributed by atoms with van der Waals surface area (Å²) in [5, 5.41) is 6.11. The van der Waals surface area contributed by atoms with E-state index in [0.717, 1.165) is 49.8 Å². The topological polar surface area (TPSA) is 67.9 Å². The maximum atomic E-state index is 13.0. The van der Waals surface area contributed by atoms with Gasteiger partial charge >= 0.3 is 12.1 Å². The van der Waals surface area contributed by atoms with Crippen LogP contribution in [0.1, 0.15) is 46.1 Å². The molecule has 1 aliphatic heterocycles. The predicted octanol–water partition coefficient (Wildman–Crippen LogP) is 4.56. The normalized spacial score (nSPS) is 23.4. The van der Waals surface area contributed by atoms with Crippen LogP contribution in [0.5, 0.6) is 0 Å². The summed E-state index contributed by atoms with van der Waals surface area (Å²) in [6.45, 7) is 16.1. The number of aryl methyl sites for hydroxylation is 1. The highest BCUT2D eigenvalue weighted by molar-refractivity contribution is 5.89. The van der Waals surface area contributed by atoms with Crippen molar-refractivity contribution in [1.82, 2.24) is 20.0 Å². The van der Waals surface area contributed by atoms with Crippen LogP contribution in [-0.4, -0.2) is 78.6 Å². The zero-order chi connectivity index (χ0) is 25.2. The van der Waals surface area contributed by atoms with Crippen molar-refractivity contribution < 1.29 is 9.59 Å². The molecule has 2 bridgehead atoms. The fraction of sp³-hybridized carbons (Fsp3) is 0.643. The molecule has 192 valence electrons. The summed E-state index contributed by atoms with van der Waals surface area (Å²) in [5.74, 6) is 1.40. The minimum Gasteiger partial charge on any atom is -0.336 e. The molecule has 2 unspecified atom stereocenters. The van der Waals surface area contributed by atoms with Gasteiger partial charge in [-0.25, -0.2) is 9.59 Å². The molecule has 1 heterocycles. The number of nitrogens with zero attached hydrogens (tertiary/aromatic N) is 3. The Labute approximate surface area is 210 Å². The largest absolute Gasteiger partial charge is 0.336 e. The number of allylic oxidation sites excluding steroid dienone is 1. The lowest BCUT2D eigenvalue weighted by Crippen LogP contribution is -2.54. The molecule has 7 nitrogen and oxygen atoms in total. The Hall–Kier alpha value is -2.54. The Kier molecular flexibility index (Phi) is 7.74. The second-order valence-electron chi connectivity index (χ2n) is 11.5. The molecule has 0 aromatic heterocycles. The quantitative estimate of drug-likeness (QED) is 0.561. The standard InChI is InChI=1S/C28H43N5O2/c1-20(2)29-26(34)33(19-22-9-10-23-18-25(22)28(23,4)5)16-13-31-11-14-32(15-12-31)27(35)30-24-8-6-7-21(3)17-24/h6-9,17,20,23,25H,10-16,18-19H2,1-5H3,(H,29,34)(H,30,35). The van der Waals surface area contributed by atoms with E-state index in [4.69, 9.17) is 0 Å². The van der Waals surface area contributed by atoms with Crippen molar-refractivity contribution in [3.8, 4) is 0 Å². The minimum atomic E-state index is -0.0427. The number of hydrogen-bond donors (Lipinski definition) is 2. The van der Waals surface area contributed by atoms with E-state index in [1.165, 1.54) is 12.0 Å². The number of fused-ring (bicyclic) bond motifs is 1. The Balaban J connectivity index is 1.28. The molecule has 35 heavy (non-hydrogen) atoms. The summed E-state index contributed by atoms with van der Waals surface area (Å²) in [7, 11) is 0. The number of rotatable bonds is 7. The van der Waals surface area contributed by atoms with Gasteiger partial charge in [0.15, 0.2) is 0 Å². The lowest BCUT2D eigenvalue weighted by atomic mass is 9.49. The molecule has 3 aliphatic carbocycles. The van der Waals surface area contributed by atoms with E-state index >= 15 is 0 Å². The summed E-state index contributed by atoms with van der Waals surface area (Å²) >= 11 is 0. The van der Waals surface area contributed by atoms with Crippen molar-refractivity contribution in [2.24, 2.45) is 17.3 Å². The van der Waals surface area contributed by atoms with E-state index in [-0.39, 0.29) is 18.1 Å². The number of amides is 4. The maximum absolute atomic E-state index is 13.0. The molecule has 2 N–H and O–H groups in total. The van der Waals surface area contributed by atoms with Crippen molar-refractivity contribution in [1.29, 1.82) is 0 Å². The first-order chi connectivity index (χ1) is 16.6. The van der Waals surface area contributed by atoms with Gasteiger partial charge in [0.05, 0.1) is 0 Å². The molecule has 1 aromatic rings. The minimum absolute atomic E-state index is 0.0244. The van der Waals surface area contributed by atoms with Crippen LogP contribution in [-0.2, 0) is 0 Å². The van der Waals surface area contributed by atoms with Crippen LogP contribution in [0.4, 0.5) is 15.3 Å². The zero-order valence-corrected chi connectivity index (χ0v) is 22.1. The Bertz CT molecular complexity index is 948. The van der Waals surface area contributed by atoms with Gasteiger partial charge in [-0.05, 0) is 68.6 Å². The van der Waals surface area contributed by atoms with E-state index < -0.39 is 0 Å². The van der Waals surface area contributed by atoms with Crippen LogP contribution in [0.2, 0.25) is 0 Å². The highest BCUT2D eigenvalue weighted by Crippen LogP contribution is 2.59. The Morgan fingerprint density at radius 1 is 1.17 bits per heavy atom. The summed E-state index contributed by atoms with van der Waals surface area (Å²) < 4.78 is 0. The first-order valence-electron chi connectivity index (χ1n) is 13.2. The van der Waals surface area contributed by atoms with Crippen molar-refractivity contribution in [3.05, 3.63) is 41.5 Å². The van der Waals surface area contributed by atoms with Crippen LogP contribution in [0.3, 0.4) is 0 Å². The van der Waals surface area contributed by atoms with Crippen molar-refractivity contribution in [2.45, 2.75) is 53.5 Å². The monoisotopic (exact) mass is 481 g/mol. The van der Waals surface area contributed by atoms with Crippen LogP contribution < -0.4 is 10.6 Å². The van der Waals surface area contributed by atoms with Crippen molar-refractivity contribution in [2.75, 3.05) is 51.1 Å². The van der Waals surface area contributed by atoms with E-state index in [1.807, 2.05) is 54.8 Å². The second kappa shape index (κ2) is 10.6. The highest BCUT2D eigenvalue weighted by atomic mass is 16.2. The number of nitrogens with one attached hydrogen (secondary N) is 2. The molecule has 1 aromatic carbocycles. The molecule has 1 saturated carbocycles. The zero-order valence-electron chi connectivity index (χ0n) is 22.1. The lowest BCUT2D eigenvalue weighted by molar-refractivity contribution is -0.00984. The van der Waals surface area contributed by atoms with Gasteiger partial charge < -0.3 is 20.4 Å². The number of anilines is 1. The Morgan fingerprint density at radius 3 is 2.54 bits per heavy atom. The SMILES string of the molecule is Cc1cccc(NC(=O)N2CCN(CCN(CC3=CCC4CC3C4(C)C)C(=O)NC(C)C)CC2)c1. The molecule has 2 fully saturated rings. The van der Waals surface area contributed by atoms with E-state index in [0.29, 0.717) is 31.0 Å². The molecular weight excluding hydrogens is 438 g/mol. The third-order valence-corrected chi connectivity index (χ3v) is 8.27. The number of piperazine rings is 1. The third kappa shape index (κ3) is 6.00. The summed E-state index contributed by atoms with van der Waals surface area (Å²) in [6, 6.07) is 7.98. The summed E-state index contributed by atoms with van der Waals surface area (Å²) in [5.41, 5.74) is 3.76. The van der Waals surface area contributed by atoms with Gasteiger partial charge in [-0.3, -0.25) is 4.90 Å². The lowest BCUT2D eigenvalue weighted by Gasteiger charge is -2.57. The van der Waals surface area contributed by atoms with Crippen molar-refractivity contribution in [3.63, 3.8) is 0 Å². The van der Waals surface area contributed by atoms with E-state index in [1.54, 1.807) is 0 Å². The number of carbonyl (C=O) groups excluding carboxylic acids is 2. The fourth-order valence-electron chi connectivity index (χ4n) is 5.83. The molecule has 5 rings (SSSR count). The van der Waals surface area contributed by atoms with Gasteiger partial charge in [-0.15, -0.1) is 0 Å². The Morgan fingerprint density at radius 2 is 1.91 bits per heavy atom. The number of benzene rings is 1. The summed E-state index contributed by atoms with van der Waals surface area (Å²) in [4.78, 5) is 32.0. The van der Waals surface area contributed by atoms with Gasteiger partial charge in [-0.1, -0.05) is 37.6 Å². The number of carbonyl (C=O) groups is 2.